The third-order valence-electron chi connectivity index (χ3n) is 6.17. The summed E-state index contributed by atoms with van der Waals surface area (Å²) in [7, 11) is 0. The van der Waals surface area contributed by atoms with Gasteiger partial charge in [-0.2, -0.15) is 5.10 Å². The van der Waals surface area contributed by atoms with Crippen LogP contribution in [0, 0.1) is 0 Å². The van der Waals surface area contributed by atoms with Crippen molar-refractivity contribution in [1.29, 1.82) is 0 Å². The van der Waals surface area contributed by atoms with Crippen molar-refractivity contribution in [3.05, 3.63) is 48.1 Å². The van der Waals surface area contributed by atoms with Crippen molar-refractivity contribution in [1.82, 2.24) is 30.0 Å². The average Bonchev–Trinajstić information content (AvgIpc) is 3.32. The molecule has 1 saturated heterocycles. The van der Waals surface area contributed by atoms with E-state index in [-0.39, 0.29) is 11.4 Å². The van der Waals surface area contributed by atoms with E-state index in [9.17, 15) is 4.79 Å². The number of carbonyl (C=O) groups excluding carboxylic acids is 1. The van der Waals surface area contributed by atoms with Crippen LogP contribution in [0.2, 0.25) is 0 Å². The van der Waals surface area contributed by atoms with Crippen LogP contribution < -0.4 is 5.32 Å². The van der Waals surface area contributed by atoms with Crippen LogP contribution in [0.4, 0.5) is 0 Å². The van der Waals surface area contributed by atoms with Gasteiger partial charge in [-0.3, -0.25) is 9.69 Å². The number of morpholine rings is 1. The van der Waals surface area contributed by atoms with Gasteiger partial charge in [-0.25, -0.2) is 14.6 Å². The van der Waals surface area contributed by atoms with Crippen molar-refractivity contribution < 1.29 is 13.9 Å². The van der Waals surface area contributed by atoms with Gasteiger partial charge >= 0.3 is 0 Å². The van der Waals surface area contributed by atoms with E-state index in [2.05, 4.69) is 39.1 Å². The molecule has 5 rings (SSSR count). The molecule has 1 amide bonds. The first kappa shape index (κ1) is 20.8. The number of nitrogens with one attached hydrogen (secondary N) is 1. The van der Waals surface area contributed by atoms with Gasteiger partial charge in [0.15, 0.2) is 5.76 Å². The molecule has 0 unspecified atom stereocenters. The normalized spacial score (nSPS) is 17.4. The number of furan rings is 1. The van der Waals surface area contributed by atoms with Crippen LogP contribution in [0.3, 0.4) is 0 Å². The first-order valence-corrected chi connectivity index (χ1v) is 11.1. The lowest BCUT2D eigenvalue weighted by Crippen LogP contribution is -2.55. The molecular formula is C23H28N6O3. The predicted octanol–water partition coefficient (Wildman–Crippen LogP) is 2.64. The lowest BCUT2D eigenvalue weighted by molar-refractivity contribution is -0.00923. The highest BCUT2D eigenvalue weighted by atomic mass is 16.5. The van der Waals surface area contributed by atoms with Crippen molar-refractivity contribution >= 4 is 5.91 Å². The van der Waals surface area contributed by atoms with Crippen LogP contribution in [0.25, 0.3) is 17.4 Å². The standard InChI is InChI=1S/C23H28N6O3/c1-23(2,28-9-12-31-13-10-28)15-25-21(30)17-14-26-29(20(17)16-5-6-16)22-24-8-7-18(27-22)19-4-3-11-32-19/h3-4,7-8,11,14,16H,5-6,9-10,12-13,15H2,1-2H3,(H,25,30). The second-order valence-electron chi connectivity index (χ2n) is 8.94. The fourth-order valence-electron chi connectivity index (χ4n) is 4.13. The Kier molecular flexibility index (Phi) is 5.52. The molecule has 168 valence electrons. The van der Waals surface area contributed by atoms with E-state index in [4.69, 9.17) is 9.15 Å². The van der Waals surface area contributed by atoms with Gasteiger partial charge in [-0.15, -0.1) is 0 Å². The minimum absolute atomic E-state index is 0.110. The Morgan fingerprint density at radius 1 is 1.25 bits per heavy atom. The van der Waals surface area contributed by atoms with Crippen molar-refractivity contribution in [2.75, 3.05) is 32.8 Å². The van der Waals surface area contributed by atoms with Gasteiger partial charge in [0.1, 0.15) is 5.69 Å². The number of ether oxygens (including phenoxy) is 1. The predicted molar refractivity (Wildman–Crippen MR) is 118 cm³/mol. The quantitative estimate of drug-likeness (QED) is 0.608. The molecule has 0 spiro atoms. The second-order valence-corrected chi connectivity index (χ2v) is 8.94. The van der Waals surface area contributed by atoms with E-state index in [0.717, 1.165) is 44.8 Å². The maximum absolute atomic E-state index is 13.2. The molecule has 0 radical (unpaired) electrons. The van der Waals surface area contributed by atoms with E-state index < -0.39 is 0 Å². The fraction of sp³-hybridized carbons (Fsp3) is 0.478. The Balaban J connectivity index is 1.37. The van der Waals surface area contributed by atoms with Gasteiger partial charge in [0.05, 0.1) is 36.9 Å². The molecule has 0 atom stereocenters. The Morgan fingerprint density at radius 3 is 2.78 bits per heavy atom. The summed E-state index contributed by atoms with van der Waals surface area (Å²) in [6.45, 7) is 8.05. The SMILES string of the molecule is CC(C)(CNC(=O)c1cnn(-c2nccc(-c3ccco3)n2)c1C1CC1)N1CCOCC1. The smallest absolute Gasteiger partial charge is 0.254 e. The van der Waals surface area contributed by atoms with Gasteiger partial charge in [0.2, 0.25) is 0 Å². The Bertz CT molecular complexity index is 1080. The number of hydrogen-bond donors (Lipinski definition) is 1. The van der Waals surface area contributed by atoms with Crippen LogP contribution in [-0.2, 0) is 4.74 Å². The minimum Gasteiger partial charge on any atom is -0.463 e. The molecule has 2 aliphatic rings. The lowest BCUT2D eigenvalue weighted by Gasteiger charge is -2.40. The lowest BCUT2D eigenvalue weighted by atomic mass is 10.0. The third-order valence-corrected chi connectivity index (χ3v) is 6.17. The van der Waals surface area contributed by atoms with Crippen LogP contribution >= 0.6 is 0 Å². The van der Waals surface area contributed by atoms with Crippen LogP contribution in [-0.4, -0.2) is 68.9 Å². The number of amides is 1. The molecular weight excluding hydrogens is 408 g/mol. The summed E-state index contributed by atoms with van der Waals surface area (Å²) in [5.74, 6) is 1.29. The van der Waals surface area contributed by atoms with Crippen LogP contribution in [0.1, 0.15) is 48.7 Å². The van der Waals surface area contributed by atoms with Gasteiger partial charge in [-0.05, 0) is 44.9 Å². The van der Waals surface area contributed by atoms with Crippen molar-refractivity contribution in [3.8, 4) is 17.4 Å². The molecule has 3 aromatic rings. The summed E-state index contributed by atoms with van der Waals surface area (Å²) >= 11 is 0. The van der Waals surface area contributed by atoms with Crippen LogP contribution in [0.15, 0.2) is 41.3 Å². The summed E-state index contributed by atoms with van der Waals surface area (Å²) in [5.41, 5.74) is 1.99. The molecule has 1 saturated carbocycles. The summed E-state index contributed by atoms with van der Waals surface area (Å²) in [6, 6.07) is 5.47. The second kappa shape index (κ2) is 8.48. The Labute approximate surface area is 186 Å². The Hall–Kier alpha value is -3.04. The molecule has 1 aliphatic heterocycles. The molecule has 0 bridgehead atoms. The molecule has 3 aromatic heterocycles. The summed E-state index contributed by atoms with van der Waals surface area (Å²) in [4.78, 5) is 24.5. The summed E-state index contributed by atoms with van der Waals surface area (Å²) in [6.07, 6.45) is 6.99. The number of nitrogens with zero attached hydrogens (tertiary/aromatic N) is 5. The van der Waals surface area contributed by atoms with Gasteiger partial charge < -0.3 is 14.5 Å². The zero-order chi connectivity index (χ0) is 22.1. The average molecular weight is 437 g/mol. The molecule has 9 nitrogen and oxygen atoms in total. The zero-order valence-electron chi connectivity index (χ0n) is 18.5. The highest BCUT2D eigenvalue weighted by Crippen LogP contribution is 2.42. The largest absolute Gasteiger partial charge is 0.463 e. The molecule has 2 fully saturated rings. The maximum Gasteiger partial charge on any atom is 0.254 e. The van der Waals surface area contributed by atoms with Crippen LogP contribution in [0.5, 0.6) is 0 Å². The Morgan fingerprint density at radius 2 is 2.06 bits per heavy atom. The minimum atomic E-state index is -0.157. The van der Waals surface area contributed by atoms with Crippen molar-refractivity contribution in [2.24, 2.45) is 0 Å². The molecule has 1 aliphatic carbocycles. The topological polar surface area (TPSA) is 98.3 Å². The summed E-state index contributed by atoms with van der Waals surface area (Å²) < 4.78 is 12.6. The summed E-state index contributed by atoms with van der Waals surface area (Å²) in [5, 5.41) is 7.63. The first-order chi connectivity index (χ1) is 15.5. The molecule has 0 aromatic carbocycles. The van der Waals surface area contributed by atoms with E-state index in [1.807, 2.05) is 12.1 Å². The number of aromatic nitrogens is 4. The van der Waals surface area contributed by atoms with E-state index in [1.165, 1.54) is 0 Å². The van der Waals surface area contributed by atoms with Crippen molar-refractivity contribution in [3.63, 3.8) is 0 Å². The highest BCUT2D eigenvalue weighted by molar-refractivity contribution is 5.95. The van der Waals surface area contributed by atoms with Gasteiger partial charge in [-0.1, -0.05) is 0 Å². The van der Waals surface area contributed by atoms with E-state index >= 15 is 0 Å². The zero-order valence-corrected chi connectivity index (χ0v) is 18.5. The number of rotatable bonds is 7. The molecule has 4 heterocycles. The highest BCUT2D eigenvalue weighted by Gasteiger charge is 2.35. The first-order valence-electron chi connectivity index (χ1n) is 11.1. The monoisotopic (exact) mass is 436 g/mol. The molecule has 9 heteroatoms. The third kappa shape index (κ3) is 4.18. The van der Waals surface area contributed by atoms with Gasteiger partial charge in [0.25, 0.3) is 11.9 Å². The van der Waals surface area contributed by atoms with Crippen molar-refractivity contribution in [2.45, 2.75) is 38.1 Å². The van der Waals surface area contributed by atoms with E-state index in [0.29, 0.717) is 35.4 Å². The molecule has 1 N–H and O–H groups in total. The number of hydrogen-bond acceptors (Lipinski definition) is 7. The number of carbonyl (C=O) groups is 1. The maximum atomic E-state index is 13.2. The fourth-order valence-corrected chi connectivity index (χ4v) is 4.13. The molecule has 32 heavy (non-hydrogen) atoms. The van der Waals surface area contributed by atoms with E-state index in [1.54, 1.807) is 29.4 Å². The van der Waals surface area contributed by atoms with Gasteiger partial charge in [0, 0.05) is 37.3 Å².